The van der Waals surface area contributed by atoms with Gasteiger partial charge in [-0.2, -0.15) is 15.0 Å². The number of anilines is 1. The predicted molar refractivity (Wildman–Crippen MR) is 116 cm³/mol. The summed E-state index contributed by atoms with van der Waals surface area (Å²) in [4.78, 5) is 21.9. The number of rotatable bonds is 5. The van der Waals surface area contributed by atoms with E-state index in [2.05, 4.69) is 26.5 Å². The van der Waals surface area contributed by atoms with Crippen molar-refractivity contribution in [2.45, 2.75) is 13.5 Å². The van der Waals surface area contributed by atoms with E-state index in [1.807, 2.05) is 36.1 Å². The summed E-state index contributed by atoms with van der Waals surface area (Å²) in [7, 11) is 0. The van der Waals surface area contributed by atoms with Gasteiger partial charge in [-0.3, -0.25) is 4.79 Å². The van der Waals surface area contributed by atoms with Crippen LogP contribution in [0, 0.1) is 18.3 Å². The minimum absolute atomic E-state index is 0.00720. The summed E-state index contributed by atoms with van der Waals surface area (Å²) in [6, 6.07) is 13.3. The zero-order valence-electron chi connectivity index (χ0n) is 17.9. The van der Waals surface area contributed by atoms with Crippen LogP contribution in [0.2, 0.25) is 0 Å². The number of aromatic nitrogens is 5. The van der Waals surface area contributed by atoms with Crippen LogP contribution in [0.5, 0.6) is 0 Å². The molecule has 1 aliphatic rings. The molecule has 0 bridgehead atoms. The van der Waals surface area contributed by atoms with Crippen molar-refractivity contribution in [2.24, 2.45) is 0 Å². The van der Waals surface area contributed by atoms with Gasteiger partial charge in [0.05, 0.1) is 6.26 Å². The highest BCUT2D eigenvalue weighted by Gasteiger charge is 2.27. The van der Waals surface area contributed by atoms with Gasteiger partial charge < -0.3 is 18.6 Å². The highest BCUT2D eigenvalue weighted by Crippen LogP contribution is 2.29. The average molecular weight is 444 g/mol. The third-order valence-electron chi connectivity index (χ3n) is 5.41. The third kappa shape index (κ3) is 4.18. The van der Waals surface area contributed by atoms with Gasteiger partial charge in [-0.25, -0.2) is 0 Å². The quantitative estimate of drug-likeness (QED) is 0.454. The largest absolute Gasteiger partial charge is 0.459 e. The van der Waals surface area contributed by atoms with Crippen molar-refractivity contribution in [2.75, 3.05) is 31.1 Å². The first kappa shape index (κ1) is 20.4. The van der Waals surface area contributed by atoms with Gasteiger partial charge in [-0.05, 0) is 24.3 Å². The Morgan fingerprint density at radius 2 is 1.94 bits per heavy atom. The zero-order valence-corrected chi connectivity index (χ0v) is 17.9. The van der Waals surface area contributed by atoms with Crippen molar-refractivity contribution in [1.82, 2.24) is 30.1 Å². The van der Waals surface area contributed by atoms with Crippen LogP contribution in [-0.2, 0) is 11.3 Å². The lowest BCUT2D eigenvalue weighted by Gasteiger charge is -2.34. The summed E-state index contributed by atoms with van der Waals surface area (Å²) < 4.78 is 11.1. The predicted octanol–water partition coefficient (Wildman–Crippen LogP) is 2.12. The standard InChI is InChI=1S/C22H20N8O3/c1-15-4-6-16(7-5-15)20-25-27-30(26-20)14-19(31)28-8-10-29(11-9-28)22-17(13-23)24-21(33-22)18-3-2-12-32-18/h2-7,12H,8-11,14H2,1H3. The van der Waals surface area contributed by atoms with Crippen molar-refractivity contribution < 1.29 is 13.6 Å². The third-order valence-corrected chi connectivity index (χ3v) is 5.41. The Hall–Kier alpha value is -4.46. The molecule has 166 valence electrons. The van der Waals surface area contributed by atoms with Gasteiger partial charge in [0.1, 0.15) is 12.6 Å². The summed E-state index contributed by atoms with van der Waals surface area (Å²) in [5.41, 5.74) is 2.18. The lowest BCUT2D eigenvalue weighted by molar-refractivity contribution is -0.132. The van der Waals surface area contributed by atoms with Crippen LogP contribution >= 0.6 is 0 Å². The number of furan rings is 1. The molecule has 0 aliphatic carbocycles. The lowest BCUT2D eigenvalue weighted by atomic mass is 10.1. The minimum Gasteiger partial charge on any atom is -0.459 e. The highest BCUT2D eigenvalue weighted by atomic mass is 16.4. The maximum atomic E-state index is 12.8. The molecule has 11 nitrogen and oxygen atoms in total. The first-order valence-corrected chi connectivity index (χ1v) is 10.4. The van der Waals surface area contributed by atoms with E-state index < -0.39 is 0 Å². The number of hydrogen-bond donors (Lipinski definition) is 0. The number of nitriles is 1. The van der Waals surface area contributed by atoms with Crippen LogP contribution in [0.3, 0.4) is 0 Å². The summed E-state index contributed by atoms with van der Waals surface area (Å²) in [5, 5.41) is 21.8. The fraction of sp³-hybridized carbons (Fsp3) is 0.273. The lowest BCUT2D eigenvalue weighted by Crippen LogP contribution is -2.49. The Kier molecular flexibility index (Phi) is 5.32. The van der Waals surface area contributed by atoms with Gasteiger partial charge in [0.2, 0.25) is 23.3 Å². The number of carbonyl (C=O) groups excluding carboxylic acids is 1. The summed E-state index contributed by atoms with van der Waals surface area (Å²) >= 11 is 0. The molecule has 1 fully saturated rings. The first-order chi connectivity index (χ1) is 16.1. The fourth-order valence-corrected chi connectivity index (χ4v) is 3.61. The van der Waals surface area contributed by atoms with Gasteiger partial charge in [0.15, 0.2) is 5.76 Å². The molecule has 0 radical (unpaired) electrons. The van der Waals surface area contributed by atoms with Crippen molar-refractivity contribution in [3.05, 3.63) is 53.9 Å². The molecule has 33 heavy (non-hydrogen) atoms. The number of nitrogens with zero attached hydrogens (tertiary/aromatic N) is 8. The van der Waals surface area contributed by atoms with Gasteiger partial charge in [-0.15, -0.1) is 10.2 Å². The average Bonchev–Trinajstić information content (AvgIpc) is 3.60. The maximum Gasteiger partial charge on any atom is 0.266 e. The molecule has 0 atom stereocenters. The second-order valence-electron chi connectivity index (χ2n) is 7.64. The maximum absolute atomic E-state index is 12.8. The van der Waals surface area contributed by atoms with Gasteiger partial charge in [-0.1, -0.05) is 29.8 Å². The normalized spacial score (nSPS) is 13.8. The van der Waals surface area contributed by atoms with Gasteiger partial charge >= 0.3 is 0 Å². The van der Waals surface area contributed by atoms with E-state index in [4.69, 9.17) is 8.83 Å². The van der Waals surface area contributed by atoms with Crippen LogP contribution in [-0.4, -0.2) is 62.2 Å². The summed E-state index contributed by atoms with van der Waals surface area (Å²) in [6.45, 7) is 3.97. The van der Waals surface area contributed by atoms with Crippen LogP contribution in [0.15, 0.2) is 51.5 Å². The van der Waals surface area contributed by atoms with Crippen LogP contribution in [0.4, 0.5) is 5.88 Å². The highest BCUT2D eigenvalue weighted by molar-refractivity contribution is 5.76. The molecular formula is C22H20N8O3. The Labute approximate surface area is 188 Å². The molecule has 3 aromatic heterocycles. The SMILES string of the molecule is Cc1ccc(-c2nnn(CC(=O)N3CCN(c4oc(-c5ccco5)nc4C#N)CC3)n2)cc1. The molecule has 5 rings (SSSR count). The van der Waals surface area contributed by atoms with E-state index in [9.17, 15) is 10.1 Å². The van der Waals surface area contributed by atoms with E-state index in [-0.39, 0.29) is 24.0 Å². The monoisotopic (exact) mass is 444 g/mol. The van der Waals surface area contributed by atoms with Gasteiger partial charge in [0.25, 0.3) is 5.89 Å². The van der Waals surface area contributed by atoms with Crippen LogP contribution in [0.1, 0.15) is 11.3 Å². The molecule has 0 unspecified atom stereocenters. The van der Waals surface area contributed by atoms with E-state index in [0.29, 0.717) is 43.6 Å². The van der Waals surface area contributed by atoms with E-state index in [1.54, 1.807) is 17.0 Å². The fourth-order valence-electron chi connectivity index (χ4n) is 3.61. The molecule has 1 aromatic carbocycles. The molecular weight excluding hydrogens is 424 g/mol. The number of hydrogen-bond acceptors (Lipinski definition) is 9. The van der Waals surface area contributed by atoms with Crippen LogP contribution in [0.25, 0.3) is 23.0 Å². The van der Waals surface area contributed by atoms with Crippen LogP contribution < -0.4 is 4.90 Å². The molecule has 4 aromatic rings. The zero-order chi connectivity index (χ0) is 22.8. The van der Waals surface area contributed by atoms with E-state index in [0.717, 1.165) is 11.1 Å². The van der Waals surface area contributed by atoms with Crippen molar-refractivity contribution in [1.29, 1.82) is 5.26 Å². The number of carbonyl (C=O) groups is 1. The Balaban J connectivity index is 1.21. The van der Waals surface area contributed by atoms with Crippen molar-refractivity contribution in [3.63, 3.8) is 0 Å². The van der Waals surface area contributed by atoms with Gasteiger partial charge in [0, 0.05) is 31.7 Å². The number of oxazole rings is 1. The molecule has 0 spiro atoms. The Morgan fingerprint density at radius 3 is 2.64 bits per heavy atom. The number of piperazine rings is 1. The molecule has 1 amide bonds. The minimum atomic E-state index is -0.100. The van der Waals surface area contributed by atoms with E-state index in [1.165, 1.54) is 11.1 Å². The van der Waals surface area contributed by atoms with E-state index >= 15 is 0 Å². The summed E-state index contributed by atoms with van der Waals surface area (Å²) in [5.74, 6) is 1.48. The molecule has 1 saturated heterocycles. The molecule has 4 heterocycles. The van der Waals surface area contributed by atoms with Crippen molar-refractivity contribution >= 4 is 11.8 Å². The molecule has 11 heteroatoms. The second-order valence-corrected chi connectivity index (χ2v) is 7.64. The number of amides is 1. The molecule has 1 aliphatic heterocycles. The summed E-state index contributed by atoms with van der Waals surface area (Å²) in [6.07, 6.45) is 1.52. The first-order valence-electron chi connectivity index (χ1n) is 10.4. The van der Waals surface area contributed by atoms with Crippen molar-refractivity contribution in [3.8, 4) is 29.1 Å². The molecule has 0 N–H and O–H groups in total. The smallest absolute Gasteiger partial charge is 0.266 e. The second kappa shape index (κ2) is 8.58. The number of benzene rings is 1. The number of aryl methyl sites for hydroxylation is 1. The number of tetrazole rings is 1. The molecule has 0 saturated carbocycles. The Morgan fingerprint density at radius 1 is 1.15 bits per heavy atom. The Bertz CT molecular complexity index is 1290. The topological polar surface area (TPSA) is 130 Å².